The van der Waals surface area contributed by atoms with Gasteiger partial charge in [-0.3, -0.25) is 9.79 Å². The maximum atomic E-state index is 12.3. The number of hydrogen-bond donors (Lipinski definition) is 0. The van der Waals surface area contributed by atoms with Gasteiger partial charge in [-0.1, -0.05) is 84.9 Å². The monoisotopic (exact) mass is 369 g/mol. The van der Waals surface area contributed by atoms with Gasteiger partial charge in [0.25, 0.3) is 0 Å². The minimum absolute atomic E-state index is 0.0263. The molecule has 28 heavy (non-hydrogen) atoms. The Labute approximate surface area is 165 Å². The Morgan fingerprint density at radius 2 is 1.57 bits per heavy atom. The molecule has 1 aliphatic heterocycles. The highest BCUT2D eigenvalue weighted by molar-refractivity contribution is 6.65. The second-order valence-electron chi connectivity index (χ2n) is 6.69. The van der Waals surface area contributed by atoms with Gasteiger partial charge in [-0.05, 0) is 23.6 Å². The van der Waals surface area contributed by atoms with E-state index in [4.69, 9.17) is 9.31 Å². The van der Waals surface area contributed by atoms with Gasteiger partial charge in [-0.15, -0.1) is 0 Å². The highest BCUT2D eigenvalue weighted by Crippen LogP contribution is 2.26. The molecule has 1 saturated heterocycles. The van der Waals surface area contributed by atoms with Crippen LogP contribution < -0.4 is 5.46 Å². The van der Waals surface area contributed by atoms with E-state index < -0.39 is 13.2 Å². The van der Waals surface area contributed by atoms with E-state index in [1.54, 1.807) is 0 Å². The molecule has 0 spiro atoms. The Hall–Kier alpha value is -3.18. The van der Waals surface area contributed by atoms with Gasteiger partial charge in [0.15, 0.2) is 6.10 Å². The van der Waals surface area contributed by atoms with Crippen LogP contribution in [0.25, 0.3) is 0 Å². The highest BCUT2D eigenvalue weighted by atomic mass is 16.7. The molecule has 0 bridgehead atoms. The van der Waals surface area contributed by atoms with E-state index in [0.29, 0.717) is 0 Å². The minimum atomic E-state index is -0.743. The molecule has 1 fully saturated rings. The molecule has 1 heterocycles. The normalized spacial score (nSPS) is 17.7. The van der Waals surface area contributed by atoms with Crippen molar-refractivity contribution in [1.29, 1.82) is 0 Å². The summed E-state index contributed by atoms with van der Waals surface area (Å²) in [7, 11) is -0.743. The Morgan fingerprint density at radius 1 is 0.929 bits per heavy atom. The summed E-state index contributed by atoms with van der Waals surface area (Å²) in [6.45, 7) is 2.05. The Kier molecular flexibility index (Phi) is 5.35. The average molecular weight is 369 g/mol. The van der Waals surface area contributed by atoms with Gasteiger partial charge in [-0.25, -0.2) is 0 Å². The van der Waals surface area contributed by atoms with Gasteiger partial charge < -0.3 is 9.31 Å². The predicted octanol–water partition coefficient (Wildman–Crippen LogP) is 3.88. The molecular formula is C23H20BNO3. The molecule has 0 saturated carbocycles. The van der Waals surface area contributed by atoms with Gasteiger partial charge in [-0.2, -0.15) is 0 Å². The molecule has 0 N–H and O–H groups in total. The SMILES string of the molecule is C[C@H](N=Cc1ccccc1B1OC(=O)[C@@H](c2ccccc2)O1)c1ccccc1. The maximum absolute atomic E-state index is 12.3. The van der Waals surface area contributed by atoms with Gasteiger partial charge in [0.1, 0.15) is 0 Å². The molecule has 5 heteroatoms. The quantitative estimate of drug-likeness (QED) is 0.507. The van der Waals surface area contributed by atoms with Crippen LogP contribution in [0.4, 0.5) is 0 Å². The molecular weight excluding hydrogens is 349 g/mol. The van der Waals surface area contributed by atoms with E-state index in [9.17, 15) is 4.79 Å². The first-order chi connectivity index (χ1) is 13.7. The van der Waals surface area contributed by atoms with Crippen molar-refractivity contribution in [3.05, 3.63) is 102 Å². The lowest BCUT2D eigenvalue weighted by Gasteiger charge is -2.10. The fourth-order valence-electron chi connectivity index (χ4n) is 3.21. The van der Waals surface area contributed by atoms with Crippen molar-refractivity contribution in [2.24, 2.45) is 4.99 Å². The fourth-order valence-corrected chi connectivity index (χ4v) is 3.21. The van der Waals surface area contributed by atoms with E-state index in [0.717, 1.165) is 22.2 Å². The number of aliphatic imine (C=N–C) groups is 1. The minimum Gasteiger partial charge on any atom is -0.504 e. The molecule has 0 amide bonds. The van der Waals surface area contributed by atoms with Crippen molar-refractivity contribution in [2.45, 2.75) is 19.1 Å². The summed E-state index contributed by atoms with van der Waals surface area (Å²) in [5, 5.41) is 0. The number of benzene rings is 3. The first-order valence-electron chi connectivity index (χ1n) is 9.30. The Balaban J connectivity index is 1.55. The van der Waals surface area contributed by atoms with Crippen LogP contribution in [0.1, 0.15) is 35.8 Å². The lowest BCUT2D eigenvalue weighted by molar-refractivity contribution is -0.136. The molecule has 0 radical (unpaired) electrons. The van der Waals surface area contributed by atoms with E-state index in [-0.39, 0.29) is 12.0 Å². The molecule has 3 aromatic carbocycles. The number of rotatable bonds is 5. The van der Waals surface area contributed by atoms with Crippen LogP contribution in [0.2, 0.25) is 0 Å². The van der Waals surface area contributed by atoms with Crippen molar-refractivity contribution in [3.8, 4) is 0 Å². The molecule has 3 aromatic rings. The standard InChI is InChI=1S/C23H20BNO3/c1-17(18-10-4-2-5-11-18)25-16-20-14-8-9-15-21(20)24-27-22(23(26)28-24)19-12-6-3-7-13-19/h2-17,22H,1H3/t17-,22+/m0/s1. The van der Waals surface area contributed by atoms with Crippen LogP contribution in [0.5, 0.6) is 0 Å². The largest absolute Gasteiger partial charge is 0.566 e. The molecule has 0 aromatic heterocycles. The summed E-state index contributed by atoms with van der Waals surface area (Å²) in [4.78, 5) is 17.0. The first-order valence-corrected chi connectivity index (χ1v) is 9.30. The number of hydrogen-bond acceptors (Lipinski definition) is 4. The van der Waals surface area contributed by atoms with Crippen molar-refractivity contribution in [1.82, 2.24) is 0 Å². The van der Waals surface area contributed by atoms with Gasteiger partial charge in [0.2, 0.25) is 0 Å². The topological polar surface area (TPSA) is 47.9 Å². The van der Waals surface area contributed by atoms with E-state index in [2.05, 4.69) is 17.1 Å². The Bertz CT molecular complexity index is 975. The highest BCUT2D eigenvalue weighted by Gasteiger charge is 2.42. The first kappa shape index (κ1) is 18.2. The zero-order valence-corrected chi connectivity index (χ0v) is 15.6. The molecule has 138 valence electrons. The average Bonchev–Trinajstić information content (AvgIpc) is 3.15. The molecule has 0 aliphatic carbocycles. The second kappa shape index (κ2) is 8.23. The third-order valence-electron chi connectivity index (χ3n) is 4.77. The molecule has 4 nitrogen and oxygen atoms in total. The van der Waals surface area contributed by atoms with E-state index in [1.807, 2.05) is 85.9 Å². The number of carbonyl (C=O) groups excluding carboxylic acids is 1. The zero-order chi connectivity index (χ0) is 19.3. The number of nitrogens with zero attached hydrogens (tertiary/aromatic N) is 1. The summed E-state index contributed by atoms with van der Waals surface area (Å²) in [6, 6.07) is 27.2. The molecule has 1 aliphatic rings. The van der Waals surface area contributed by atoms with Gasteiger partial charge >= 0.3 is 13.1 Å². The second-order valence-corrected chi connectivity index (χ2v) is 6.69. The summed E-state index contributed by atoms with van der Waals surface area (Å²) < 4.78 is 11.5. The third-order valence-corrected chi connectivity index (χ3v) is 4.77. The molecule has 0 unspecified atom stereocenters. The summed E-state index contributed by atoms with van der Waals surface area (Å²) in [5.41, 5.74) is 3.60. The maximum Gasteiger partial charge on any atom is 0.566 e. The van der Waals surface area contributed by atoms with Crippen LogP contribution in [0, 0.1) is 0 Å². The van der Waals surface area contributed by atoms with Crippen molar-refractivity contribution in [2.75, 3.05) is 0 Å². The van der Waals surface area contributed by atoms with Gasteiger partial charge in [0.05, 0.1) is 6.04 Å². The third kappa shape index (κ3) is 3.90. The van der Waals surface area contributed by atoms with Crippen LogP contribution in [-0.4, -0.2) is 19.3 Å². The lowest BCUT2D eigenvalue weighted by Crippen LogP contribution is -2.35. The van der Waals surface area contributed by atoms with E-state index >= 15 is 0 Å². The fraction of sp³-hybridized carbons (Fsp3) is 0.130. The summed E-state index contributed by atoms with van der Waals surface area (Å²) in [6.07, 6.45) is 1.11. The Morgan fingerprint density at radius 3 is 2.32 bits per heavy atom. The van der Waals surface area contributed by atoms with E-state index in [1.165, 1.54) is 0 Å². The van der Waals surface area contributed by atoms with Crippen LogP contribution >= 0.6 is 0 Å². The van der Waals surface area contributed by atoms with Crippen molar-refractivity contribution in [3.63, 3.8) is 0 Å². The predicted molar refractivity (Wildman–Crippen MR) is 111 cm³/mol. The van der Waals surface area contributed by atoms with Crippen molar-refractivity contribution >= 4 is 24.8 Å². The van der Waals surface area contributed by atoms with Crippen LogP contribution in [0.3, 0.4) is 0 Å². The summed E-state index contributed by atoms with van der Waals surface area (Å²) in [5.74, 6) is -0.374. The van der Waals surface area contributed by atoms with Crippen LogP contribution in [-0.2, 0) is 14.1 Å². The summed E-state index contributed by atoms with van der Waals surface area (Å²) >= 11 is 0. The van der Waals surface area contributed by atoms with Crippen LogP contribution in [0.15, 0.2) is 89.9 Å². The number of carbonyl (C=O) groups is 1. The zero-order valence-electron chi connectivity index (χ0n) is 15.6. The lowest BCUT2D eigenvalue weighted by atomic mass is 9.76. The van der Waals surface area contributed by atoms with Gasteiger partial charge in [0, 0.05) is 11.7 Å². The molecule has 4 rings (SSSR count). The smallest absolute Gasteiger partial charge is 0.504 e. The molecule has 2 atom stereocenters. The van der Waals surface area contributed by atoms with Crippen molar-refractivity contribution < 1.29 is 14.1 Å².